The quantitative estimate of drug-likeness (QED) is 0.162. The summed E-state index contributed by atoms with van der Waals surface area (Å²) in [6, 6.07) is 32.3. The molecule has 0 radical (unpaired) electrons. The van der Waals surface area contributed by atoms with Gasteiger partial charge in [0.1, 0.15) is 5.58 Å². The SMILES string of the molecule is Cc1cc2c3c(c1)N(c1ccc4c(c1)C(C)(C)CCC4(C)C)c1c(oc4cc5c(cc14)C1(C)CCC5(C)C1)B3c1cc(C(C)(C)C)ccc1N2c1cc(C(C)(C)C)cc(C(C)(C)C)c1. The normalized spacial score (nSPS) is 22.7. The number of hydrogen-bond donors (Lipinski definition) is 0. The first kappa shape index (κ1) is 42.0. The molecule has 11 rings (SSSR count). The van der Waals surface area contributed by atoms with E-state index in [1.165, 1.54) is 121 Å². The number of benzene rings is 5. The number of nitrogens with zero attached hydrogens (tertiary/aromatic N) is 2. The minimum Gasteiger partial charge on any atom is -0.468 e. The topological polar surface area (TPSA) is 19.6 Å². The summed E-state index contributed by atoms with van der Waals surface area (Å²) in [5.74, 6) is 0. The summed E-state index contributed by atoms with van der Waals surface area (Å²) in [6.07, 6.45) is 6.10. The lowest BCUT2D eigenvalue weighted by Gasteiger charge is -2.45. The Kier molecular flexibility index (Phi) is 8.39. The molecule has 1 fully saturated rings. The molecule has 0 amide bonds. The monoisotopic (exact) mass is 847 g/mol. The maximum Gasteiger partial charge on any atom is 0.297 e. The molecule has 5 aliphatic rings. The van der Waals surface area contributed by atoms with E-state index in [0.29, 0.717) is 0 Å². The van der Waals surface area contributed by atoms with Gasteiger partial charge in [0.15, 0.2) is 0 Å². The molecule has 3 heterocycles. The molecule has 330 valence electrons. The van der Waals surface area contributed by atoms with Crippen LogP contribution < -0.4 is 26.4 Å². The molecule has 2 unspecified atom stereocenters. The highest BCUT2D eigenvalue weighted by atomic mass is 16.3. The van der Waals surface area contributed by atoms with Gasteiger partial charge in [-0.2, -0.15) is 0 Å². The Morgan fingerprint density at radius 1 is 0.516 bits per heavy atom. The minimum absolute atomic E-state index is 0.0258. The molecule has 6 aromatic rings. The zero-order valence-electron chi connectivity index (χ0n) is 41.9. The average molecular weight is 847 g/mol. The van der Waals surface area contributed by atoms with Crippen LogP contribution in [-0.4, -0.2) is 6.71 Å². The van der Waals surface area contributed by atoms with Gasteiger partial charge in [-0.3, -0.25) is 0 Å². The summed E-state index contributed by atoms with van der Waals surface area (Å²) in [4.78, 5) is 5.26. The molecule has 2 atom stereocenters. The van der Waals surface area contributed by atoms with E-state index in [4.69, 9.17) is 4.42 Å². The second-order valence-corrected chi connectivity index (χ2v) is 26.1. The number of aryl methyl sites for hydroxylation is 1. The van der Waals surface area contributed by atoms with Gasteiger partial charge in [0.25, 0.3) is 6.71 Å². The summed E-state index contributed by atoms with van der Waals surface area (Å²) < 4.78 is 7.61. The Hall–Kier alpha value is -4.70. The van der Waals surface area contributed by atoms with Gasteiger partial charge in [0, 0.05) is 33.8 Å². The van der Waals surface area contributed by atoms with E-state index < -0.39 is 0 Å². The van der Waals surface area contributed by atoms with E-state index in [2.05, 4.69) is 199 Å². The van der Waals surface area contributed by atoms with Gasteiger partial charge in [-0.15, -0.1) is 0 Å². The van der Waals surface area contributed by atoms with Crippen LogP contribution in [0.15, 0.2) is 83.3 Å². The zero-order chi connectivity index (χ0) is 45.6. The summed E-state index contributed by atoms with van der Waals surface area (Å²) >= 11 is 0. The third kappa shape index (κ3) is 5.91. The smallest absolute Gasteiger partial charge is 0.297 e. The van der Waals surface area contributed by atoms with Crippen molar-refractivity contribution in [1.29, 1.82) is 0 Å². The van der Waals surface area contributed by atoms with E-state index in [-0.39, 0.29) is 44.6 Å². The molecule has 3 aliphatic carbocycles. The molecule has 0 saturated heterocycles. The van der Waals surface area contributed by atoms with Crippen molar-refractivity contribution in [3.05, 3.63) is 123 Å². The van der Waals surface area contributed by atoms with Crippen molar-refractivity contribution in [2.24, 2.45) is 0 Å². The Balaban J connectivity index is 1.26. The standard InChI is InChI=1S/C60H71BN2O/c1-35-25-48-51-49(26-35)63(39-18-19-42-43(31-39)58(13,14)22-21-57(42,11)12)52-41-32-44-45(60(16)24-23-59(44,15)34-60)33-50(41)64-53(52)61(51)46-30-36(54(2,3)4)17-20-47(46)62(48)40-28-37(55(5,6)7)27-38(29-40)56(8,9)10/h17-20,25-33H,21-24,34H2,1-16H3. The van der Waals surface area contributed by atoms with Gasteiger partial charge in [-0.25, -0.2) is 0 Å². The van der Waals surface area contributed by atoms with E-state index >= 15 is 0 Å². The fourth-order valence-electron chi connectivity index (χ4n) is 13.1. The van der Waals surface area contributed by atoms with Crippen LogP contribution in [0.2, 0.25) is 0 Å². The molecule has 5 aromatic carbocycles. The third-order valence-corrected chi connectivity index (χ3v) is 17.1. The highest BCUT2D eigenvalue weighted by Crippen LogP contribution is 2.62. The Morgan fingerprint density at radius 3 is 1.70 bits per heavy atom. The number of furan rings is 1. The van der Waals surface area contributed by atoms with Crippen molar-refractivity contribution < 1.29 is 4.42 Å². The van der Waals surface area contributed by atoms with Crippen molar-refractivity contribution in [3.8, 4) is 0 Å². The number of fused-ring (bicyclic) bond motifs is 12. The number of hydrogen-bond acceptors (Lipinski definition) is 3. The molecule has 0 N–H and O–H groups in total. The Morgan fingerprint density at radius 2 is 1.09 bits per heavy atom. The zero-order valence-corrected chi connectivity index (χ0v) is 41.9. The second-order valence-electron chi connectivity index (χ2n) is 26.1. The first-order valence-corrected chi connectivity index (χ1v) is 24.5. The van der Waals surface area contributed by atoms with Gasteiger partial charge >= 0.3 is 0 Å². The minimum atomic E-state index is -0.0866. The lowest BCUT2D eigenvalue weighted by Crippen LogP contribution is -2.61. The number of rotatable bonds is 2. The fourth-order valence-corrected chi connectivity index (χ4v) is 13.1. The van der Waals surface area contributed by atoms with E-state index in [1.807, 2.05) is 0 Å². The van der Waals surface area contributed by atoms with Gasteiger partial charge < -0.3 is 14.2 Å². The van der Waals surface area contributed by atoms with Crippen molar-refractivity contribution >= 4 is 68.4 Å². The van der Waals surface area contributed by atoms with Crippen LogP contribution in [-0.2, 0) is 37.9 Å². The van der Waals surface area contributed by atoms with Crippen LogP contribution in [0.25, 0.3) is 11.0 Å². The molecule has 2 bridgehead atoms. The van der Waals surface area contributed by atoms with Crippen LogP contribution in [0.5, 0.6) is 0 Å². The highest BCUT2D eigenvalue weighted by molar-refractivity contribution is 7.00. The molecular weight excluding hydrogens is 775 g/mol. The Labute approximate surface area is 385 Å². The van der Waals surface area contributed by atoms with Gasteiger partial charge in [-0.1, -0.05) is 128 Å². The van der Waals surface area contributed by atoms with Crippen LogP contribution in [0.4, 0.5) is 34.1 Å². The molecule has 4 heteroatoms. The molecular formula is C60H71BN2O. The molecule has 2 aliphatic heterocycles. The lowest BCUT2D eigenvalue weighted by atomic mass is 9.35. The predicted molar refractivity (Wildman–Crippen MR) is 275 cm³/mol. The van der Waals surface area contributed by atoms with Crippen molar-refractivity contribution in [1.82, 2.24) is 0 Å². The van der Waals surface area contributed by atoms with E-state index in [9.17, 15) is 0 Å². The predicted octanol–water partition coefficient (Wildman–Crippen LogP) is 14.8. The largest absolute Gasteiger partial charge is 0.468 e. The number of anilines is 6. The van der Waals surface area contributed by atoms with Crippen LogP contribution >= 0.6 is 0 Å². The molecule has 64 heavy (non-hydrogen) atoms. The van der Waals surface area contributed by atoms with Crippen molar-refractivity contribution in [3.63, 3.8) is 0 Å². The van der Waals surface area contributed by atoms with E-state index in [1.54, 1.807) is 5.56 Å². The van der Waals surface area contributed by atoms with Crippen LogP contribution in [0.3, 0.4) is 0 Å². The summed E-state index contributed by atoms with van der Waals surface area (Å²) in [5, 5.41) is 1.25. The fraction of sp³-hybridized carbons (Fsp3) is 0.467. The highest BCUT2D eigenvalue weighted by Gasteiger charge is 2.54. The molecule has 3 nitrogen and oxygen atoms in total. The maximum absolute atomic E-state index is 7.61. The first-order chi connectivity index (χ1) is 29.7. The lowest BCUT2D eigenvalue weighted by molar-refractivity contribution is 0.332. The van der Waals surface area contributed by atoms with Crippen molar-refractivity contribution in [2.45, 2.75) is 181 Å². The van der Waals surface area contributed by atoms with Crippen LogP contribution in [0, 0.1) is 6.92 Å². The molecule has 1 saturated carbocycles. The summed E-state index contributed by atoms with van der Waals surface area (Å²) in [6.45, 7) is 38.2. The molecule has 1 aromatic heterocycles. The second kappa shape index (κ2) is 12.8. The third-order valence-electron chi connectivity index (χ3n) is 17.1. The summed E-state index contributed by atoms with van der Waals surface area (Å²) in [7, 11) is 0. The van der Waals surface area contributed by atoms with Gasteiger partial charge in [-0.05, 0) is 187 Å². The maximum atomic E-state index is 7.61. The average Bonchev–Trinajstić information content (AvgIpc) is 3.81. The molecule has 0 spiro atoms. The van der Waals surface area contributed by atoms with Gasteiger partial charge in [0.2, 0.25) is 0 Å². The van der Waals surface area contributed by atoms with Gasteiger partial charge in [0.05, 0.1) is 11.3 Å². The van der Waals surface area contributed by atoms with Crippen molar-refractivity contribution in [2.75, 3.05) is 9.80 Å². The Bertz CT molecular complexity index is 2960. The van der Waals surface area contributed by atoms with Crippen LogP contribution in [0.1, 0.15) is 180 Å². The first-order valence-electron chi connectivity index (χ1n) is 24.5. The van der Waals surface area contributed by atoms with E-state index in [0.717, 1.165) is 11.2 Å². The summed E-state index contributed by atoms with van der Waals surface area (Å²) in [5.41, 5.74) is 24.0.